The number of aryl methyl sites for hydroxylation is 2. The Morgan fingerprint density at radius 1 is 1.64 bits per heavy atom. The Hall–Kier alpha value is -0.900. The van der Waals surface area contributed by atoms with Gasteiger partial charge >= 0.3 is 0 Å². The molecule has 1 aromatic heterocycles. The van der Waals surface area contributed by atoms with Gasteiger partial charge in [-0.05, 0) is 13.8 Å². The van der Waals surface area contributed by atoms with E-state index in [9.17, 15) is 0 Å². The van der Waals surface area contributed by atoms with Crippen LogP contribution in [0.2, 0.25) is 0 Å². The Kier molecular flexibility index (Phi) is 2.59. The fraction of sp³-hybridized carbons (Fsp3) is 0.429. The number of oxime groups is 1. The van der Waals surface area contributed by atoms with E-state index in [2.05, 4.69) is 10.1 Å². The summed E-state index contributed by atoms with van der Waals surface area (Å²) in [6.07, 6.45) is 2.15. The summed E-state index contributed by atoms with van der Waals surface area (Å²) < 4.78 is 0. The van der Waals surface area contributed by atoms with Crippen LogP contribution in [0, 0.1) is 13.8 Å². The van der Waals surface area contributed by atoms with Gasteiger partial charge in [0.05, 0.1) is 10.7 Å². The Morgan fingerprint density at radius 2 is 2.36 bits per heavy atom. The lowest BCUT2D eigenvalue weighted by molar-refractivity contribution is 0.321. The van der Waals surface area contributed by atoms with Crippen LogP contribution < -0.4 is 0 Å². The lowest BCUT2D eigenvalue weighted by Gasteiger charge is -1.87. The van der Waals surface area contributed by atoms with Gasteiger partial charge in [0.15, 0.2) is 0 Å². The Labute approximate surface area is 69.4 Å². The molecular formula is C7H10N2OS. The highest BCUT2D eigenvalue weighted by molar-refractivity contribution is 7.11. The van der Waals surface area contributed by atoms with E-state index < -0.39 is 0 Å². The van der Waals surface area contributed by atoms with Gasteiger partial charge in [-0.2, -0.15) is 0 Å². The van der Waals surface area contributed by atoms with Crippen LogP contribution >= 0.6 is 11.3 Å². The predicted octanol–water partition coefficient (Wildman–Crippen LogP) is 1.76. The summed E-state index contributed by atoms with van der Waals surface area (Å²) in [4.78, 5) is 5.41. The molecule has 0 fully saturated rings. The van der Waals surface area contributed by atoms with E-state index in [1.165, 1.54) is 11.1 Å². The zero-order valence-corrected chi connectivity index (χ0v) is 7.35. The molecule has 0 atom stereocenters. The molecule has 4 heteroatoms. The van der Waals surface area contributed by atoms with Gasteiger partial charge in [0.1, 0.15) is 0 Å². The van der Waals surface area contributed by atoms with Gasteiger partial charge in [0.25, 0.3) is 0 Å². The Bertz CT molecular complexity index is 267. The SMILES string of the molecule is Cc1nc(C)c(CC=NO)s1. The van der Waals surface area contributed by atoms with Crippen LogP contribution in [0.4, 0.5) is 0 Å². The molecule has 3 nitrogen and oxygen atoms in total. The summed E-state index contributed by atoms with van der Waals surface area (Å²) in [5.41, 5.74) is 1.03. The number of hydrogen-bond acceptors (Lipinski definition) is 4. The normalized spacial score (nSPS) is 11.1. The van der Waals surface area contributed by atoms with Crippen LogP contribution in [0.3, 0.4) is 0 Å². The van der Waals surface area contributed by atoms with E-state index in [4.69, 9.17) is 5.21 Å². The van der Waals surface area contributed by atoms with Crippen molar-refractivity contribution < 1.29 is 5.21 Å². The molecule has 0 radical (unpaired) electrons. The number of thiazole rings is 1. The van der Waals surface area contributed by atoms with Crippen molar-refractivity contribution in [1.82, 2.24) is 4.98 Å². The van der Waals surface area contributed by atoms with Crippen molar-refractivity contribution in [1.29, 1.82) is 0 Å². The summed E-state index contributed by atoms with van der Waals surface area (Å²) in [5, 5.41) is 12.2. The van der Waals surface area contributed by atoms with E-state index in [0.717, 1.165) is 10.7 Å². The largest absolute Gasteiger partial charge is 0.411 e. The van der Waals surface area contributed by atoms with E-state index in [1.807, 2.05) is 13.8 Å². The monoisotopic (exact) mass is 170 g/mol. The van der Waals surface area contributed by atoms with Crippen LogP contribution in [0.5, 0.6) is 0 Å². The lowest BCUT2D eigenvalue weighted by atomic mass is 10.3. The average Bonchev–Trinajstić information content (AvgIpc) is 2.26. The van der Waals surface area contributed by atoms with E-state index in [-0.39, 0.29) is 0 Å². The molecule has 1 N–H and O–H groups in total. The molecule has 0 aliphatic heterocycles. The van der Waals surface area contributed by atoms with Crippen molar-refractivity contribution in [3.63, 3.8) is 0 Å². The van der Waals surface area contributed by atoms with Gasteiger partial charge in [-0.3, -0.25) is 0 Å². The smallest absolute Gasteiger partial charge is 0.0900 e. The van der Waals surface area contributed by atoms with E-state index in [0.29, 0.717) is 6.42 Å². The highest BCUT2D eigenvalue weighted by Crippen LogP contribution is 2.16. The Morgan fingerprint density at radius 3 is 2.82 bits per heavy atom. The standard InChI is InChI=1S/C7H10N2OS/c1-5-7(3-4-8-10)11-6(2)9-5/h4,10H,3H2,1-2H3. The maximum absolute atomic E-state index is 8.18. The predicted molar refractivity (Wildman–Crippen MR) is 45.6 cm³/mol. The van der Waals surface area contributed by atoms with Crippen LogP contribution in [-0.2, 0) is 6.42 Å². The third-order valence-electron chi connectivity index (χ3n) is 1.36. The Balaban J connectivity index is 2.77. The fourth-order valence-electron chi connectivity index (χ4n) is 0.887. The first-order valence-corrected chi connectivity index (χ1v) is 4.14. The summed E-state index contributed by atoms with van der Waals surface area (Å²) in [7, 11) is 0. The molecule has 1 rings (SSSR count). The maximum Gasteiger partial charge on any atom is 0.0900 e. The summed E-state index contributed by atoms with van der Waals surface area (Å²) >= 11 is 1.64. The quantitative estimate of drug-likeness (QED) is 0.417. The molecular weight excluding hydrogens is 160 g/mol. The first-order valence-electron chi connectivity index (χ1n) is 3.33. The van der Waals surface area contributed by atoms with Crippen LogP contribution in [-0.4, -0.2) is 16.4 Å². The van der Waals surface area contributed by atoms with E-state index >= 15 is 0 Å². The van der Waals surface area contributed by atoms with Crippen LogP contribution in [0.1, 0.15) is 15.6 Å². The highest BCUT2D eigenvalue weighted by Gasteiger charge is 2.01. The third kappa shape index (κ3) is 2.01. The third-order valence-corrected chi connectivity index (χ3v) is 2.45. The molecule has 1 heterocycles. The topological polar surface area (TPSA) is 45.5 Å². The number of nitrogens with zero attached hydrogens (tertiary/aromatic N) is 2. The summed E-state index contributed by atoms with van der Waals surface area (Å²) in [6.45, 7) is 3.93. The molecule has 0 unspecified atom stereocenters. The molecule has 0 bridgehead atoms. The van der Waals surface area contributed by atoms with Gasteiger partial charge in [0.2, 0.25) is 0 Å². The van der Waals surface area contributed by atoms with Crippen molar-refractivity contribution in [2.75, 3.05) is 0 Å². The summed E-state index contributed by atoms with van der Waals surface area (Å²) in [5.74, 6) is 0. The van der Waals surface area contributed by atoms with Crippen molar-refractivity contribution in [3.8, 4) is 0 Å². The number of aromatic nitrogens is 1. The number of rotatable bonds is 2. The summed E-state index contributed by atoms with van der Waals surface area (Å²) in [6, 6.07) is 0. The van der Waals surface area contributed by atoms with Gasteiger partial charge in [-0.15, -0.1) is 16.5 Å². The molecule has 11 heavy (non-hydrogen) atoms. The zero-order chi connectivity index (χ0) is 8.27. The van der Waals surface area contributed by atoms with Gasteiger partial charge in [-0.25, -0.2) is 4.98 Å². The number of hydrogen-bond donors (Lipinski definition) is 1. The molecule has 0 saturated heterocycles. The minimum Gasteiger partial charge on any atom is -0.411 e. The van der Waals surface area contributed by atoms with Gasteiger partial charge in [-0.1, -0.05) is 0 Å². The second-order valence-corrected chi connectivity index (χ2v) is 3.53. The molecule has 0 amide bonds. The molecule has 1 aromatic rings. The average molecular weight is 170 g/mol. The molecule has 0 aromatic carbocycles. The molecule has 0 aliphatic rings. The second-order valence-electron chi connectivity index (χ2n) is 2.24. The molecule has 0 aliphatic carbocycles. The van der Waals surface area contributed by atoms with E-state index in [1.54, 1.807) is 11.3 Å². The molecule has 0 spiro atoms. The first kappa shape index (κ1) is 8.20. The molecule has 0 saturated carbocycles. The van der Waals surface area contributed by atoms with Crippen molar-refractivity contribution in [2.45, 2.75) is 20.3 Å². The second kappa shape index (κ2) is 3.48. The van der Waals surface area contributed by atoms with Crippen molar-refractivity contribution in [3.05, 3.63) is 15.6 Å². The zero-order valence-electron chi connectivity index (χ0n) is 6.53. The van der Waals surface area contributed by atoms with Gasteiger partial charge in [0, 0.05) is 17.5 Å². The highest BCUT2D eigenvalue weighted by atomic mass is 32.1. The molecule has 60 valence electrons. The minimum atomic E-state index is 0.674. The van der Waals surface area contributed by atoms with Gasteiger partial charge < -0.3 is 5.21 Å². The minimum absolute atomic E-state index is 0.674. The fourth-order valence-corrected chi connectivity index (χ4v) is 1.78. The maximum atomic E-state index is 8.18. The van der Waals surface area contributed by atoms with Crippen molar-refractivity contribution >= 4 is 17.6 Å². The lowest BCUT2D eigenvalue weighted by Crippen LogP contribution is -1.84. The van der Waals surface area contributed by atoms with Crippen molar-refractivity contribution in [2.24, 2.45) is 5.16 Å². The first-order chi connectivity index (χ1) is 5.24. The van der Waals surface area contributed by atoms with Crippen LogP contribution in [0.25, 0.3) is 0 Å². The van der Waals surface area contributed by atoms with Crippen LogP contribution in [0.15, 0.2) is 5.16 Å².